The number of methoxy groups -OCH3 is 1. The van der Waals surface area contributed by atoms with Gasteiger partial charge in [-0.1, -0.05) is 11.3 Å². The van der Waals surface area contributed by atoms with Gasteiger partial charge in [-0.15, -0.1) is 0 Å². The Morgan fingerprint density at radius 3 is 2.92 bits per heavy atom. The molecule has 1 unspecified atom stereocenters. The Bertz CT molecular complexity index is 231. The number of nitrogens with zero attached hydrogens (tertiary/aromatic N) is 1. The Labute approximate surface area is 85.4 Å². The van der Waals surface area contributed by atoms with E-state index >= 15 is 0 Å². The molecule has 6 heteroatoms. The molecule has 0 aromatic carbocycles. The molecule has 0 fully saturated rings. The molecule has 0 saturated carbocycles. The van der Waals surface area contributed by atoms with Crippen LogP contribution in [0, 0.1) is 0 Å². The van der Waals surface area contributed by atoms with Crippen molar-refractivity contribution in [2.45, 2.75) is 12.8 Å². The molecule has 1 aromatic heterocycles. The zero-order chi connectivity index (χ0) is 8.27. The first kappa shape index (κ1) is 11.8. The zero-order valence-corrected chi connectivity index (χ0v) is 9.01. The number of hydrogen-bond donors (Lipinski definition) is 2. The summed E-state index contributed by atoms with van der Waals surface area (Å²) in [7, 11) is 1.45. The van der Waals surface area contributed by atoms with E-state index in [0.717, 1.165) is 0 Å². The van der Waals surface area contributed by atoms with Crippen molar-refractivity contribution in [2.24, 2.45) is 0 Å². The predicted octanol–water partition coefficient (Wildman–Crippen LogP) is -3.41. The minimum absolute atomic E-state index is 0. The maximum atomic E-state index is 9.06. The molecule has 70 valence electrons. The zero-order valence-electron chi connectivity index (χ0n) is 6.61. The number of hydrogen-bond acceptors (Lipinski definition) is 4. The third-order valence-corrected chi connectivity index (χ3v) is 2.07. The molecule has 0 aliphatic carbocycles. The fraction of sp³-hybridized carbons (Fsp3) is 0.500. The molecule has 0 amide bonds. The van der Waals surface area contributed by atoms with Crippen LogP contribution in [0.4, 0.5) is 5.13 Å². The van der Waals surface area contributed by atoms with Crippen LogP contribution >= 0.6 is 11.3 Å². The largest absolute Gasteiger partial charge is 1.00 e. The second-order valence-corrected chi connectivity index (χ2v) is 3.01. The van der Waals surface area contributed by atoms with E-state index in [1.807, 2.05) is 11.6 Å². The van der Waals surface area contributed by atoms with Gasteiger partial charge in [0.05, 0.1) is 0 Å². The van der Waals surface area contributed by atoms with Gasteiger partial charge in [0.2, 0.25) is 0 Å². The number of halogens is 1. The molecule has 0 bridgehead atoms. The maximum absolute atomic E-state index is 9.06. The standard InChI is InChI=1S/C6H10N2O2S.BrH/c1-10-5(9)4-8-2-3-11-6(8)7;/h2-3,5,7,9H,4H2,1H3;1H. The Balaban J connectivity index is 0.00000121. The summed E-state index contributed by atoms with van der Waals surface area (Å²) in [6.07, 6.45) is 1.03. The Morgan fingerprint density at radius 2 is 2.50 bits per heavy atom. The monoisotopic (exact) mass is 254 g/mol. The van der Waals surface area contributed by atoms with Crippen molar-refractivity contribution in [3.63, 3.8) is 0 Å². The fourth-order valence-corrected chi connectivity index (χ4v) is 1.33. The summed E-state index contributed by atoms with van der Waals surface area (Å²) >= 11 is 1.43. The topological polar surface area (TPSA) is 59.4 Å². The molecule has 1 aromatic rings. The number of aliphatic hydroxyl groups excluding tert-OH is 1. The highest BCUT2D eigenvalue weighted by Crippen LogP contribution is 2.02. The average molecular weight is 255 g/mol. The van der Waals surface area contributed by atoms with Gasteiger partial charge in [-0.2, -0.15) is 0 Å². The highest BCUT2D eigenvalue weighted by Gasteiger charge is 2.10. The van der Waals surface area contributed by atoms with Crippen molar-refractivity contribution in [2.75, 3.05) is 12.8 Å². The van der Waals surface area contributed by atoms with Crippen molar-refractivity contribution in [1.82, 2.24) is 0 Å². The van der Waals surface area contributed by atoms with Crippen LogP contribution in [0.3, 0.4) is 0 Å². The molecular weight excluding hydrogens is 244 g/mol. The van der Waals surface area contributed by atoms with E-state index < -0.39 is 6.29 Å². The third-order valence-electron chi connectivity index (χ3n) is 1.34. The number of aliphatic hydroxyl groups is 1. The highest BCUT2D eigenvalue weighted by molar-refractivity contribution is 7.12. The molecule has 1 heterocycles. The minimum Gasteiger partial charge on any atom is -1.00 e. The summed E-state index contributed by atoms with van der Waals surface area (Å²) in [6, 6.07) is 0. The number of nitrogen functional groups attached to an aromatic ring is 1. The molecule has 0 aliphatic heterocycles. The molecule has 4 nitrogen and oxygen atoms in total. The summed E-state index contributed by atoms with van der Waals surface area (Å²) < 4.78 is 6.40. The Morgan fingerprint density at radius 1 is 1.83 bits per heavy atom. The Hall–Kier alpha value is -0.170. The molecule has 1 rings (SSSR count). The van der Waals surface area contributed by atoms with Gasteiger partial charge in [0.15, 0.2) is 6.29 Å². The van der Waals surface area contributed by atoms with Crippen LogP contribution in [-0.4, -0.2) is 18.5 Å². The predicted molar refractivity (Wildman–Crippen MR) is 41.9 cm³/mol. The number of aromatic nitrogens is 1. The van der Waals surface area contributed by atoms with E-state index in [1.54, 1.807) is 4.57 Å². The van der Waals surface area contributed by atoms with Gasteiger partial charge in [0.1, 0.15) is 12.7 Å². The van der Waals surface area contributed by atoms with E-state index in [0.29, 0.717) is 11.7 Å². The molecule has 3 N–H and O–H groups in total. The molecular formula is C6H11BrN2O2S. The van der Waals surface area contributed by atoms with Gasteiger partial charge in [-0.3, -0.25) is 5.73 Å². The van der Waals surface area contributed by atoms with E-state index in [-0.39, 0.29) is 17.0 Å². The van der Waals surface area contributed by atoms with Crippen LogP contribution in [-0.2, 0) is 11.3 Å². The van der Waals surface area contributed by atoms with Gasteiger partial charge in [-0.25, -0.2) is 4.57 Å². The van der Waals surface area contributed by atoms with E-state index in [9.17, 15) is 0 Å². The molecule has 0 spiro atoms. The molecule has 12 heavy (non-hydrogen) atoms. The van der Waals surface area contributed by atoms with Crippen LogP contribution in [0.25, 0.3) is 0 Å². The normalized spacial score (nSPS) is 12.2. The lowest BCUT2D eigenvalue weighted by atomic mass is 10.6. The summed E-state index contributed by atoms with van der Waals surface area (Å²) in [4.78, 5) is 0. The molecule has 0 saturated heterocycles. The smallest absolute Gasteiger partial charge is 0.331 e. The molecule has 0 radical (unpaired) electrons. The van der Waals surface area contributed by atoms with Gasteiger partial charge in [0, 0.05) is 12.5 Å². The lowest BCUT2D eigenvalue weighted by Gasteiger charge is -2.04. The number of rotatable bonds is 3. The first-order valence-electron chi connectivity index (χ1n) is 3.17. The van der Waals surface area contributed by atoms with E-state index in [2.05, 4.69) is 4.74 Å². The number of thiazole rings is 1. The van der Waals surface area contributed by atoms with Crippen molar-refractivity contribution in [3.8, 4) is 0 Å². The average Bonchev–Trinajstić information content (AvgIpc) is 2.37. The SMILES string of the molecule is COC(O)C[n+]1ccsc1N.[Br-]. The fourth-order valence-electron chi connectivity index (χ4n) is 0.708. The summed E-state index contributed by atoms with van der Waals surface area (Å²) in [5, 5.41) is 11.6. The van der Waals surface area contributed by atoms with Gasteiger partial charge in [-0.05, 0) is 0 Å². The lowest BCUT2D eigenvalue weighted by Crippen LogP contribution is -3.00. The number of anilines is 1. The van der Waals surface area contributed by atoms with E-state index in [1.165, 1.54) is 18.4 Å². The number of ether oxygens (including phenoxy) is 1. The van der Waals surface area contributed by atoms with Crippen molar-refractivity contribution < 1.29 is 31.4 Å². The van der Waals surface area contributed by atoms with Crippen LogP contribution in [0.15, 0.2) is 11.6 Å². The second kappa shape index (κ2) is 5.47. The summed E-state index contributed by atoms with van der Waals surface area (Å²) in [5.74, 6) is 0. The summed E-state index contributed by atoms with van der Waals surface area (Å²) in [5.41, 5.74) is 5.56. The first-order chi connectivity index (χ1) is 5.24. The second-order valence-electron chi connectivity index (χ2n) is 2.08. The first-order valence-corrected chi connectivity index (χ1v) is 4.05. The quantitative estimate of drug-likeness (QED) is 0.437. The van der Waals surface area contributed by atoms with E-state index in [4.69, 9.17) is 10.8 Å². The minimum atomic E-state index is -0.781. The van der Waals surface area contributed by atoms with Crippen molar-refractivity contribution in [3.05, 3.63) is 11.6 Å². The van der Waals surface area contributed by atoms with Crippen molar-refractivity contribution >= 4 is 16.5 Å². The van der Waals surface area contributed by atoms with Crippen LogP contribution in [0.1, 0.15) is 0 Å². The highest BCUT2D eigenvalue weighted by atomic mass is 79.9. The van der Waals surface area contributed by atoms with Gasteiger partial charge < -0.3 is 26.8 Å². The summed E-state index contributed by atoms with van der Waals surface area (Å²) in [6.45, 7) is 0.381. The van der Waals surface area contributed by atoms with Crippen molar-refractivity contribution in [1.29, 1.82) is 0 Å². The molecule has 0 aliphatic rings. The van der Waals surface area contributed by atoms with Gasteiger partial charge >= 0.3 is 5.13 Å². The maximum Gasteiger partial charge on any atom is 0.331 e. The van der Waals surface area contributed by atoms with Crippen LogP contribution < -0.4 is 27.3 Å². The number of nitrogens with two attached hydrogens (primary N) is 1. The molecule has 1 atom stereocenters. The third kappa shape index (κ3) is 3.06. The van der Waals surface area contributed by atoms with Crippen LogP contribution in [0.2, 0.25) is 0 Å². The lowest BCUT2D eigenvalue weighted by molar-refractivity contribution is -0.692. The van der Waals surface area contributed by atoms with Crippen LogP contribution in [0.5, 0.6) is 0 Å². The Kier molecular flexibility index (Phi) is 5.39. The van der Waals surface area contributed by atoms with Gasteiger partial charge in [0.25, 0.3) is 0 Å².